The molecule has 0 saturated heterocycles. The minimum Gasteiger partial charge on any atom is -0.493 e. The fourth-order valence-electron chi connectivity index (χ4n) is 2.18. The van der Waals surface area contributed by atoms with Crippen molar-refractivity contribution in [2.24, 2.45) is 0 Å². The molecule has 6 nitrogen and oxygen atoms in total. The molecule has 0 bridgehead atoms. The molecule has 0 radical (unpaired) electrons. The maximum atomic E-state index is 12.3. The SMILES string of the molecule is COc1cc(C(=O)Nc2ccc3c(c2)OCO3)ccc1OC(F)F. The van der Waals surface area contributed by atoms with Gasteiger partial charge in [0.25, 0.3) is 5.91 Å². The minimum absolute atomic E-state index is 0.0358. The Bertz CT molecular complexity index is 766. The standard InChI is InChI=1S/C16H13F2NO5/c1-21-13-6-9(2-4-12(13)24-16(17)18)15(20)19-10-3-5-11-14(7-10)23-8-22-11/h2-7,16H,8H2,1H3,(H,19,20). The van der Waals surface area contributed by atoms with E-state index in [-0.39, 0.29) is 23.9 Å². The lowest BCUT2D eigenvalue weighted by atomic mass is 10.1. The summed E-state index contributed by atoms with van der Waals surface area (Å²) < 4.78 is 44.3. The highest BCUT2D eigenvalue weighted by Gasteiger charge is 2.16. The minimum atomic E-state index is -2.98. The molecule has 0 unspecified atom stereocenters. The third kappa shape index (κ3) is 3.32. The van der Waals surface area contributed by atoms with Crippen molar-refractivity contribution >= 4 is 11.6 Å². The van der Waals surface area contributed by atoms with Gasteiger partial charge in [-0.2, -0.15) is 8.78 Å². The van der Waals surface area contributed by atoms with E-state index in [1.54, 1.807) is 18.2 Å². The first kappa shape index (κ1) is 15.9. The summed E-state index contributed by atoms with van der Waals surface area (Å²) in [4.78, 5) is 12.3. The van der Waals surface area contributed by atoms with Gasteiger partial charge in [0.2, 0.25) is 6.79 Å². The van der Waals surface area contributed by atoms with Crippen LogP contribution in [0.2, 0.25) is 0 Å². The van der Waals surface area contributed by atoms with Gasteiger partial charge in [0, 0.05) is 17.3 Å². The molecule has 3 rings (SSSR count). The zero-order valence-electron chi connectivity index (χ0n) is 12.5. The number of hydrogen-bond donors (Lipinski definition) is 1. The molecule has 1 aliphatic rings. The van der Waals surface area contributed by atoms with Crippen molar-refractivity contribution in [2.75, 3.05) is 19.2 Å². The lowest BCUT2D eigenvalue weighted by Gasteiger charge is -2.11. The summed E-state index contributed by atoms with van der Waals surface area (Å²) in [6, 6.07) is 8.91. The topological polar surface area (TPSA) is 66.0 Å². The number of nitrogens with one attached hydrogen (secondary N) is 1. The molecule has 1 N–H and O–H groups in total. The number of carbonyl (C=O) groups excluding carboxylic acids is 1. The Kier molecular flexibility index (Phi) is 4.37. The van der Waals surface area contributed by atoms with E-state index >= 15 is 0 Å². The number of alkyl halides is 2. The van der Waals surface area contributed by atoms with E-state index in [0.717, 1.165) is 0 Å². The van der Waals surface area contributed by atoms with Gasteiger partial charge in [-0.25, -0.2) is 0 Å². The second-order valence-corrected chi connectivity index (χ2v) is 4.77. The maximum Gasteiger partial charge on any atom is 0.387 e. The van der Waals surface area contributed by atoms with Crippen LogP contribution in [-0.4, -0.2) is 26.4 Å². The third-order valence-electron chi connectivity index (χ3n) is 3.27. The van der Waals surface area contributed by atoms with Crippen LogP contribution >= 0.6 is 0 Å². The lowest BCUT2D eigenvalue weighted by molar-refractivity contribution is -0.0512. The van der Waals surface area contributed by atoms with Crippen LogP contribution in [0.5, 0.6) is 23.0 Å². The van der Waals surface area contributed by atoms with Crippen LogP contribution < -0.4 is 24.3 Å². The molecule has 126 valence electrons. The van der Waals surface area contributed by atoms with Crippen molar-refractivity contribution in [2.45, 2.75) is 6.61 Å². The Hall–Kier alpha value is -3.03. The van der Waals surface area contributed by atoms with Crippen molar-refractivity contribution in [3.63, 3.8) is 0 Å². The summed E-state index contributed by atoms with van der Waals surface area (Å²) in [7, 11) is 1.30. The fourth-order valence-corrected chi connectivity index (χ4v) is 2.18. The number of carbonyl (C=O) groups is 1. The summed E-state index contributed by atoms with van der Waals surface area (Å²) in [5.74, 6) is 0.589. The summed E-state index contributed by atoms with van der Waals surface area (Å²) in [6.45, 7) is -2.84. The third-order valence-corrected chi connectivity index (χ3v) is 3.27. The summed E-state index contributed by atoms with van der Waals surface area (Å²) in [5.41, 5.74) is 0.738. The van der Waals surface area contributed by atoms with E-state index in [4.69, 9.17) is 14.2 Å². The van der Waals surface area contributed by atoms with Crippen LogP contribution in [0.4, 0.5) is 14.5 Å². The second-order valence-electron chi connectivity index (χ2n) is 4.77. The number of hydrogen-bond acceptors (Lipinski definition) is 5. The lowest BCUT2D eigenvalue weighted by Crippen LogP contribution is -2.12. The maximum absolute atomic E-state index is 12.3. The van der Waals surface area contributed by atoms with Crippen molar-refractivity contribution < 1.29 is 32.5 Å². The quantitative estimate of drug-likeness (QED) is 0.907. The zero-order chi connectivity index (χ0) is 17.1. The Labute approximate surface area is 135 Å². The number of amides is 1. The molecule has 0 fully saturated rings. The molecule has 1 heterocycles. The molecule has 0 spiro atoms. The smallest absolute Gasteiger partial charge is 0.387 e. The molecule has 0 aliphatic carbocycles. The normalized spacial score (nSPS) is 12.2. The highest BCUT2D eigenvalue weighted by atomic mass is 19.3. The summed E-state index contributed by atoms with van der Waals surface area (Å²) >= 11 is 0. The van der Waals surface area contributed by atoms with E-state index in [1.165, 1.54) is 25.3 Å². The molecular formula is C16H13F2NO5. The van der Waals surface area contributed by atoms with E-state index in [9.17, 15) is 13.6 Å². The molecule has 1 aliphatic heterocycles. The zero-order valence-corrected chi connectivity index (χ0v) is 12.5. The van der Waals surface area contributed by atoms with Gasteiger partial charge in [-0.1, -0.05) is 0 Å². The van der Waals surface area contributed by atoms with Crippen LogP contribution in [0.25, 0.3) is 0 Å². The van der Waals surface area contributed by atoms with Gasteiger partial charge >= 0.3 is 6.61 Å². The number of halogens is 2. The van der Waals surface area contributed by atoms with Crippen molar-refractivity contribution in [3.05, 3.63) is 42.0 Å². The van der Waals surface area contributed by atoms with Crippen LogP contribution in [0.1, 0.15) is 10.4 Å². The number of anilines is 1. The monoisotopic (exact) mass is 337 g/mol. The molecule has 1 amide bonds. The molecule has 8 heteroatoms. The highest BCUT2D eigenvalue weighted by Crippen LogP contribution is 2.34. The number of ether oxygens (including phenoxy) is 4. The first-order chi connectivity index (χ1) is 11.6. The summed E-state index contributed by atoms with van der Waals surface area (Å²) in [6.07, 6.45) is 0. The van der Waals surface area contributed by atoms with Gasteiger partial charge in [0.1, 0.15) is 0 Å². The fraction of sp³-hybridized carbons (Fsp3) is 0.188. The number of fused-ring (bicyclic) bond motifs is 1. The van der Waals surface area contributed by atoms with Crippen LogP contribution in [0, 0.1) is 0 Å². The first-order valence-electron chi connectivity index (χ1n) is 6.90. The van der Waals surface area contributed by atoms with Gasteiger partial charge in [-0.3, -0.25) is 4.79 Å². The highest BCUT2D eigenvalue weighted by molar-refractivity contribution is 6.04. The van der Waals surface area contributed by atoms with Crippen molar-refractivity contribution in [3.8, 4) is 23.0 Å². The van der Waals surface area contributed by atoms with Gasteiger partial charge in [-0.05, 0) is 30.3 Å². The average Bonchev–Trinajstić information content (AvgIpc) is 3.02. The Morgan fingerprint density at radius 2 is 1.92 bits per heavy atom. The van der Waals surface area contributed by atoms with E-state index in [2.05, 4.69) is 10.1 Å². The van der Waals surface area contributed by atoms with Crippen LogP contribution in [0.15, 0.2) is 36.4 Å². The number of methoxy groups -OCH3 is 1. The van der Waals surface area contributed by atoms with Crippen molar-refractivity contribution in [1.82, 2.24) is 0 Å². The average molecular weight is 337 g/mol. The Morgan fingerprint density at radius 3 is 2.67 bits per heavy atom. The van der Waals surface area contributed by atoms with Gasteiger partial charge in [0.05, 0.1) is 7.11 Å². The molecule has 2 aromatic rings. The van der Waals surface area contributed by atoms with Gasteiger partial charge < -0.3 is 24.3 Å². The molecule has 0 atom stereocenters. The first-order valence-corrected chi connectivity index (χ1v) is 6.90. The molecule has 2 aromatic carbocycles. The largest absolute Gasteiger partial charge is 0.493 e. The molecule has 24 heavy (non-hydrogen) atoms. The predicted octanol–water partition coefficient (Wildman–Crippen LogP) is 3.28. The van der Waals surface area contributed by atoms with Gasteiger partial charge in [0.15, 0.2) is 23.0 Å². The van der Waals surface area contributed by atoms with Gasteiger partial charge in [-0.15, -0.1) is 0 Å². The van der Waals surface area contributed by atoms with Crippen molar-refractivity contribution in [1.29, 1.82) is 0 Å². The van der Waals surface area contributed by atoms with E-state index in [1.807, 2.05) is 0 Å². The van der Waals surface area contributed by atoms with Crippen LogP contribution in [0.3, 0.4) is 0 Å². The number of rotatable bonds is 5. The molecule has 0 aromatic heterocycles. The number of benzene rings is 2. The Morgan fingerprint density at radius 1 is 1.12 bits per heavy atom. The predicted molar refractivity (Wildman–Crippen MR) is 80.1 cm³/mol. The Balaban J connectivity index is 1.77. The van der Waals surface area contributed by atoms with E-state index in [0.29, 0.717) is 17.2 Å². The second kappa shape index (κ2) is 6.61. The van der Waals surface area contributed by atoms with E-state index < -0.39 is 12.5 Å². The van der Waals surface area contributed by atoms with Crippen LogP contribution in [-0.2, 0) is 0 Å². The summed E-state index contributed by atoms with van der Waals surface area (Å²) in [5, 5.41) is 2.68. The molecule has 0 saturated carbocycles. The molecular weight excluding hydrogens is 324 g/mol.